The van der Waals surface area contributed by atoms with Crippen molar-refractivity contribution in [3.05, 3.63) is 36.2 Å². The van der Waals surface area contributed by atoms with Gasteiger partial charge in [0.05, 0.1) is 27.3 Å². The third kappa shape index (κ3) is 2.18. The van der Waals surface area contributed by atoms with E-state index in [1.165, 1.54) is 6.26 Å². The van der Waals surface area contributed by atoms with E-state index in [0.717, 1.165) is 38.9 Å². The topological polar surface area (TPSA) is 93.5 Å². The molecule has 0 aliphatic heterocycles. The van der Waals surface area contributed by atoms with Gasteiger partial charge in [-0.2, -0.15) is 0 Å². The van der Waals surface area contributed by atoms with E-state index in [-0.39, 0.29) is 4.90 Å². The molecule has 0 bridgehead atoms. The molecular weight excluding hydrogens is 326 g/mol. The summed E-state index contributed by atoms with van der Waals surface area (Å²) in [6, 6.07) is 7.01. The number of nitrogens with zero attached hydrogens (tertiary/aromatic N) is 4. The molecule has 0 aliphatic carbocycles. The van der Waals surface area contributed by atoms with Gasteiger partial charge in [-0.25, -0.2) is 13.1 Å². The zero-order valence-corrected chi connectivity index (χ0v) is 14.2. The largest absolute Gasteiger partial charge is 0.353 e. The molecule has 122 valence electrons. The second-order valence-corrected chi connectivity index (χ2v) is 7.89. The van der Waals surface area contributed by atoms with Crippen molar-refractivity contribution in [1.82, 2.24) is 25.0 Å². The van der Waals surface area contributed by atoms with Gasteiger partial charge in [0.1, 0.15) is 0 Å². The fraction of sp³-hybridized carbons (Fsp3) is 0.188. The van der Waals surface area contributed by atoms with Crippen LogP contribution in [0.25, 0.3) is 33.2 Å². The molecule has 0 unspecified atom stereocenters. The minimum atomic E-state index is -3.25. The number of benzene rings is 1. The number of aryl methyl sites for hydroxylation is 2. The molecule has 3 aromatic heterocycles. The minimum absolute atomic E-state index is 0.286. The molecule has 0 saturated heterocycles. The molecule has 1 aromatic carbocycles. The van der Waals surface area contributed by atoms with Crippen LogP contribution >= 0.6 is 0 Å². The normalized spacial score (nSPS) is 12.3. The van der Waals surface area contributed by atoms with E-state index in [9.17, 15) is 8.42 Å². The third-order valence-corrected chi connectivity index (χ3v) is 5.21. The van der Waals surface area contributed by atoms with Crippen molar-refractivity contribution in [3.8, 4) is 11.3 Å². The van der Waals surface area contributed by atoms with E-state index in [4.69, 9.17) is 0 Å². The van der Waals surface area contributed by atoms with Crippen LogP contribution in [-0.4, -0.2) is 39.6 Å². The first-order valence-corrected chi connectivity index (χ1v) is 9.22. The number of nitrogens with one attached hydrogen (secondary N) is 1. The van der Waals surface area contributed by atoms with E-state index in [0.29, 0.717) is 0 Å². The van der Waals surface area contributed by atoms with Crippen LogP contribution in [0.2, 0.25) is 0 Å². The average molecular weight is 341 g/mol. The van der Waals surface area contributed by atoms with Crippen LogP contribution in [0.4, 0.5) is 0 Å². The lowest BCUT2D eigenvalue weighted by molar-refractivity contribution is 0.602. The number of hydrogen-bond acceptors (Lipinski definition) is 5. The molecule has 4 aromatic rings. The van der Waals surface area contributed by atoms with Crippen molar-refractivity contribution in [2.75, 3.05) is 6.26 Å². The van der Waals surface area contributed by atoms with Crippen molar-refractivity contribution in [2.24, 2.45) is 7.05 Å². The second kappa shape index (κ2) is 4.88. The number of aromatic amines is 1. The van der Waals surface area contributed by atoms with Crippen LogP contribution in [0.5, 0.6) is 0 Å². The molecule has 0 spiro atoms. The van der Waals surface area contributed by atoms with Crippen LogP contribution in [0, 0.1) is 6.92 Å². The molecule has 0 aliphatic rings. The SMILES string of the molecule is Cc1nnn(C)c1-c1cnc2c(c1)[nH]c1cc(S(C)(=O)=O)ccc12. The molecule has 7 nitrogen and oxygen atoms in total. The van der Waals surface area contributed by atoms with Crippen molar-refractivity contribution in [3.63, 3.8) is 0 Å². The molecule has 8 heteroatoms. The first-order chi connectivity index (χ1) is 11.3. The Bertz CT molecular complexity index is 1180. The number of fused-ring (bicyclic) bond motifs is 3. The number of sulfone groups is 1. The Morgan fingerprint density at radius 1 is 1.17 bits per heavy atom. The highest BCUT2D eigenvalue weighted by atomic mass is 32.2. The Labute approximate surface area is 138 Å². The fourth-order valence-corrected chi connectivity index (χ4v) is 3.62. The van der Waals surface area contributed by atoms with E-state index in [1.54, 1.807) is 29.1 Å². The third-order valence-electron chi connectivity index (χ3n) is 4.10. The van der Waals surface area contributed by atoms with E-state index in [2.05, 4.69) is 20.3 Å². The van der Waals surface area contributed by atoms with Gasteiger partial charge in [0.2, 0.25) is 0 Å². The summed E-state index contributed by atoms with van der Waals surface area (Å²) in [6.07, 6.45) is 2.98. The first kappa shape index (κ1) is 14.8. The molecule has 0 fully saturated rings. The zero-order chi connectivity index (χ0) is 17.1. The summed E-state index contributed by atoms with van der Waals surface area (Å²) in [5.74, 6) is 0. The lowest BCUT2D eigenvalue weighted by atomic mass is 10.1. The van der Waals surface area contributed by atoms with Gasteiger partial charge in [0.25, 0.3) is 0 Å². The highest BCUT2D eigenvalue weighted by Gasteiger charge is 2.14. The Balaban J connectivity index is 1.96. The first-order valence-electron chi connectivity index (χ1n) is 7.33. The Kier molecular flexibility index (Phi) is 3.01. The van der Waals surface area contributed by atoms with E-state index >= 15 is 0 Å². The van der Waals surface area contributed by atoms with Gasteiger partial charge < -0.3 is 4.98 Å². The molecule has 24 heavy (non-hydrogen) atoms. The van der Waals surface area contributed by atoms with Gasteiger partial charge in [0.15, 0.2) is 9.84 Å². The molecule has 3 heterocycles. The Morgan fingerprint density at radius 2 is 1.96 bits per heavy atom. The lowest BCUT2D eigenvalue weighted by Gasteiger charge is -2.02. The number of H-pyrrole nitrogens is 1. The monoisotopic (exact) mass is 341 g/mol. The molecule has 0 radical (unpaired) electrons. The summed E-state index contributed by atoms with van der Waals surface area (Å²) in [6.45, 7) is 1.90. The van der Waals surface area contributed by atoms with Crippen molar-refractivity contribution < 1.29 is 8.42 Å². The van der Waals surface area contributed by atoms with Crippen LogP contribution in [0.1, 0.15) is 5.69 Å². The Hall–Kier alpha value is -2.74. The predicted octanol–water partition coefficient (Wildman–Crippen LogP) is 2.22. The van der Waals surface area contributed by atoms with Crippen LogP contribution in [-0.2, 0) is 16.9 Å². The molecule has 0 saturated carbocycles. The van der Waals surface area contributed by atoms with Crippen molar-refractivity contribution in [2.45, 2.75) is 11.8 Å². The summed E-state index contributed by atoms with van der Waals surface area (Å²) in [5.41, 5.74) is 5.03. The summed E-state index contributed by atoms with van der Waals surface area (Å²) < 4.78 is 25.2. The molecular formula is C16H15N5O2S. The van der Waals surface area contributed by atoms with E-state index < -0.39 is 9.84 Å². The Morgan fingerprint density at radius 3 is 2.62 bits per heavy atom. The number of rotatable bonds is 2. The average Bonchev–Trinajstić information content (AvgIpc) is 3.04. The molecule has 0 amide bonds. The minimum Gasteiger partial charge on any atom is -0.353 e. The van der Waals surface area contributed by atoms with Crippen LogP contribution < -0.4 is 0 Å². The van der Waals surface area contributed by atoms with Gasteiger partial charge >= 0.3 is 0 Å². The van der Waals surface area contributed by atoms with Gasteiger partial charge in [-0.1, -0.05) is 5.21 Å². The molecule has 4 rings (SSSR count). The van der Waals surface area contributed by atoms with Gasteiger partial charge in [-0.15, -0.1) is 5.10 Å². The summed E-state index contributed by atoms with van der Waals surface area (Å²) >= 11 is 0. The van der Waals surface area contributed by atoms with Gasteiger partial charge in [0, 0.05) is 36.0 Å². The summed E-state index contributed by atoms with van der Waals surface area (Å²) in [5, 5.41) is 8.97. The second-order valence-electron chi connectivity index (χ2n) is 5.87. The maximum atomic E-state index is 11.7. The van der Waals surface area contributed by atoms with Crippen LogP contribution in [0.15, 0.2) is 35.4 Å². The molecule has 1 N–H and O–H groups in total. The number of pyridine rings is 1. The zero-order valence-electron chi connectivity index (χ0n) is 13.4. The maximum absolute atomic E-state index is 11.7. The van der Waals surface area contributed by atoms with Crippen LogP contribution in [0.3, 0.4) is 0 Å². The standard InChI is InChI=1S/C16H15N5O2S/c1-9-16(21(2)20-19-9)10-6-14-15(17-8-10)12-5-4-11(24(3,22)23)7-13(12)18-14/h4-8,18H,1-3H3. The van der Waals surface area contributed by atoms with Crippen molar-refractivity contribution >= 4 is 31.8 Å². The number of hydrogen-bond donors (Lipinski definition) is 1. The quantitative estimate of drug-likeness (QED) is 0.603. The predicted molar refractivity (Wildman–Crippen MR) is 91.4 cm³/mol. The van der Waals surface area contributed by atoms with Gasteiger partial charge in [-0.3, -0.25) is 4.98 Å². The fourth-order valence-electron chi connectivity index (χ4n) is 2.97. The highest BCUT2D eigenvalue weighted by molar-refractivity contribution is 7.90. The highest BCUT2D eigenvalue weighted by Crippen LogP contribution is 2.29. The lowest BCUT2D eigenvalue weighted by Crippen LogP contribution is -1.96. The van der Waals surface area contributed by atoms with E-state index in [1.807, 2.05) is 20.0 Å². The summed E-state index contributed by atoms with van der Waals surface area (Å²) in [4.78, 5) is 8.09. The molecule has 0 atom stereocenters. The smallest absolute Gasteiger partial charge is 0.175 e. The summed E-state index contributed by atoms with van der Waals surface area (Å²) in [7, 11) is -1.41. The van der Waals surface area contributed by atoms with Gasteiger partial charge in [-0.05, 0) is 31.2 Å². The number of aromatic nitrogens is 5. The maximum Gasteiger partial charge on any atom is 0.175 e. The van der Waals surface area contributed by atoms with Crippen molar-refractivity contribution in [1.29, 1.82) is 0 Å².